The van der Waals surface area contributed by atoms with Crippen molar-refractivity contribution in [3.8, 4) is 28.6 Å². The predicted molar refractivity (Wildman–Crippen MR) is 137 cm³/mol. The number of benzene rings is 2. The molecule has 0 N–H and O–H groups in total. The summed E-state index contributed by atoms with van der Waals surface area (Å²) in [5, 5.41) is 0.670. The topological polar surface area (TPSA) is 43.3 Å². The molecule has 0 saturated heterocycles. The molecule has 0 spiro atoms. The first-order chi connectivity index (χ1) is 15.8. The second-order valence-electron chi connectivity index (χ2n) is 9.19. The predicted octanol–water partition coefficient (Wildman–Crippen LogP) is 6.93. The van der Waals surface area contributed by atoms with Crippen LogP contribution in [0.1, 0.15) is 35.3 Å². The first-order valence-corrected chi connectivity index (χ1v) is 14.8. The standard InChI is InChI=1S/C27H24ClN3OSi/c1-18-27-26(24-10-7-14-32-24)29-17-31(27)23-12-11-19(13-15-33(2,3)4)16-21(23)25(30-18)20-8-5-6-9-22(20)28/h5-12,14,16-18H,1-4H3/t18-/m0/s1. The molecule has 0 bridgehead atoms. The Morgan fingerprint density at radius 2 is 1.85 bits per heavy atom. The monoisotopic (exact) mass is 469 g/mol. The van der Waals surface area contributed by atoms with Crippen molar-refractivity contribution in [2.24, 2.45) is 4.99 Å². The minimum Gasteiger partial charge on any atom is -0.463 e. The Morgan fingerprint density at radius 1 is 1.03 bits per heavy atom. The van der Waals surface area contributed by atoms with E-state index in [2.05, 4.69) is 65.8 Å². The van der Waals surface area contributed by atoms with E-state index < -0.39 is 8.07 Å². The smallest absolute Gasteiger partial charge is 0.154 e. The average molecular weight is 470 g/mol. The zero-order valence-electron chi connectivity index (χ0n) is 19.1. The van der Waals surface area contributed by atoms with Gasteiger partial charge in [-0.1, -0.05) is 55.4 Å². The molecule has 0 aliphatic carbocycles. The highest BCUT2D eigenvalue weighted by atomic mass is 35.5. The van der Waals surface area contributed by atoms with Crippen molar-refractivity contribution in [1.82, 2.24) is 9.55 Å². The lowest BCUT2D eigenvalue weighted by molar-refractivity contribution is 0.578. The molecule has 2 aromatic carbocycles. The van der Waals surface area contributed by atoms with Gasteiger partial charge in [0.2, 0.25) is 0 Å². The summed E-state index contributed by atoms with van der Waals surface area (Å²) in [6, 6.07) is 17.8. The molecule has 0 amide bonds. The highest BCUT2D eigenvalue weighted by molar-refractivity contribution is 6.83. The van der Waals surface area contributed by atoms with Gasteiger partial charge in [0.25, 0.3) is 0 Å². The zero-order valence-corrected chi connectivity index (χ0v) is 20.8. The molecule has 5 rings (SSSR count). The number of halogens is 1. The highest BCUT2D eigenvalue weighted by Gasteiger charge is 2.28. The van der Waals surface area contributed by atoms with Crippen LogP contribution in [0, 0.1) is 11.5 Å². The molecule has 0 radical (unpaired) electrons. The zero-order chi connectivity index (χ0) is 23.2. The Morgan fingerprint density at radius 3 is 2.58 bits per heavy atom. The van der Waals surface area contributed by atoms with Crippen LogP contribution in [0.3, 0.4) is 0 Å². The van der Waals surface area contributed by atoms with Crippen molar-refractivity contribution in [2.45, 2.75) is 32.6 Å². The second kappa shape index (κ2) is 8.22. The Bertz CT molecular complexity index is 1430. The third kappa shape index (κ3) is 4.08. The van der Waals surface area contributed by atoms with Gasteiger partial charge in [-0.3, -0.25) is 9.56 Å². The third-order valence-electron chi connectivity index (χ3n) is 5.50. The first kappa shape index (κ1) is 21.5. The summed E-state index contributed by atoms with van der Waals surface area (Å²) < 4.78 is 7.79. The molecule has 0 saturated carbocycles. The molecule has 2 aromatic heterocycles. The van der Waals surface area contributed by atoms with Gasteiger partial charge in [-0.15, -0.1) is 5.54 Å². The third-order valence-corrected chi connectivity index (χ3v) is 6.70. The molecule has 1 aliphatic rings. The fourth-order valence-electron chi connectivity index (χ4n) is 4.02. The number of furan rings is 1. The number of imidazole rings is 1. The largest absolute Gasteiger partial charge is 0.463 e. The molecule has 0 unspecified atom stereocenters. The van der Waals surface area contributed by atoms with Crippen molar-refractivity contribution in [3.63, 3.8) is 0 Å². The fourth-order valence-corrected chi connectivity index (χ4v) is 4.76. The van der Waals surface area contributed by atoms with E-state index >= 15 is 0 Å². The number of nitrogens with zero attached hydrogens (tertiary/aromatic N) is 3. The number of aliphatic imine (C=N–C) groups is 1. The van der Waals surface area contributed by atoms with Crippen LogP contribution in [0.5, 0.6) is 0 Å². The molecule has 164 valence electrons. The molecule has 33 heavy (non-hydrogen) atoms. The van der Waals surface area contributed by atoms with Gasteiger partial charge < -0.3 is 4.42 Å². The Balaban J connectivity index is 1.78. The molecule has 6 heteroatoms. The lowest BCUT2D eigenvalue weighted by Gasteiger charge is -2.13. The van der Waals surface area contributed by atoms with E-state index in [4.69, 9.17) is 21.0 Å². The Labute approximate surface area is 200 Å². The summed E-state index contributed by atoms with van der Waals surface area (Å²) >= 11 is 6.65. The average Bonchev–Trinajstić information content (AvgIpc) is 3.44. The van der Waals surface area contributed by atoms with Crippen LogP contribution in [0.15, 0.2) is 76.6 Å². The van der Waals surface area contributed by atoms with Crippen molar-refractivity contribution in [3.05, 3.63) is 94.6 Å². The fraction of sp³-hybridized carbons (Fsp3) is 0.185. The number of rotatable bonds is 2. The van der Waals surface area contributed by atoms with Gasteiger partial charge in [0.15, 0.2) is 5.76 Å². The normalized spacial score (nSPS) is 15.1. The van der Waals surface area contributed by atoms with Gasteiger partial charge in [-0.25, -0.2) is 4.98 Å². The molecule has 3 heterocycles. The van der Waals surface area contributed by atoms with Crippen molar-refractivity contribution >= 4 is 25.4 Å². The second-order valence-corrected chi connectivity index (χ2v) is 14.3. The van der Waals surface area contributed by atoms with Gasteiger partial charge >= 0.3 is 0 Å². The van der Waals surface area contributed by atoms with Gasteiger partial charge in [0.1, 0.15) is 20.1 Å². The van der Waals surface area contributed by atoms with Gasteiger partial charge in [-0.05, 0) is 43.3 Å². The van der Waals surface area contributed by atoms with Crippen LogP contribution in [0.4, 0.5) is 0 Å². The summed E-state index contributed by atoms with van der Waals surface area (Å²) in [4.78, 5) is 9.86. The van der Waals surface area contributed by atoms with Crippen molar-refractivity contribution in [2.75, 3.05) is 0 Å². The van der Waals surface area contributed by atoms with E-state index in [9.17, 15) is 0 Å². The van der Waals surface area contributed by atoms with Gasteiger partial charge in [0, 0.05) is 21.7 Å². The molecular weight excluding hydrogens is 446 g/mol. The minimum atomic E-state index is -1.51. The molecule has 1 atom stereocenters. The van der Waals surface area contributed by atoms with Crippen LogP contribution >= 0.6 is 11.6 Å². The molecular formula is C27H24ClN3OSi. The molecule has 4 nitrogen and oxygen atoms in total. The van der Waals surface area contributed by atoms with E-state index in [-0.39, 0.29) is 6.04 Å². The summed E-state index contributed by atoms with van der Waals surface area (Å²) in [6.07, 6.45) is 3.51. The maximum absolute atomic E-state index is 6.65. The summed E-state index contributed by atoms with van der Waals surface area (Å²) in [7, 11) is -1.51. The minimum absolute atomic E-state index is 0.164. The number of aromatic nitrogens is 2. The van der Waals surface area contributed by atoms with Gasteiger partial charge in [0.05, 0.1) is 29.4 Å². The van der Waals surface area contributed by atoms with E-state index in [0.717, 1.165) is 45.2 Å². The maximum Gasteiger partial charge on any atom is 0.154 e. The SMILES string of the molecule is C[C@@H]1N=C(c2ccccc2Cl)c2cc(C#C[Si](C)(C)C)ccc2-n2cnc(-c3ccco3)c21. The lowest BCUT2D eigenvalue weighted by Crippen LogP contribution is -2.16. The van der Waals surface area contributed by atoms with E-state index in [0.29, 0.717) is 5.02 Å². The van der Waals surface area contributed by atoms with Crippen LogP contribution < -0.4 is 0 Å². The highest BCUT2D eigenvalue weighted by Crippen LogP contribution is 2.37. The van der Waals surface area contributed by atoms with Crippen LogP contribution in [-0.4, -0.2) is 23.3 Å². The summed E-state index contributed by atoms with van der Waals surface area (Å²) in [5.41, 5.74) is 9.96. The summed E-state index contributed by atoms with van der Waals surface area (Å²) in [5.74, 6) is 4.12. The first-order valence-electron chi connectivity index (χ1n) is 10.9. The molecule has 1 aliphatic heterocycles. The maximum atomic E-state index is 6.65. The van der Waals surface area contributed by atoms with E-state index in [1.54, 1.807) is 6.26 Å². The number of hydrogen-bond donors (Lipinski definition) is 0. The Hall–Kier alpha value is -3.33. The summed E-state index contributed by atoms with van der Waals surface area (Å²) in [6.45, 7) is 8.82. The van der Waals surface area contributed by atoms with Crippen LogP contribution in [0.2, 0.25) is 24.7 Å². The van der Waals surface area contributed by atoms with Crippen molar-refractivity contribution in [1.29, 1.82) is 0 Å². The van der Waals surface area contributed by atoms with Crippen molar-refractivity contribution < 1.29 is 4.42 Å². The van der Waals surface area contributed by atoms with E-state index in [1.807, 2.05) is 42.7 Å². The van der Waals surface area contributed by atoms with Crippen LogP contribution in [-0.2, 0) is 0 Å². The number of fused-ring (bicyclic) bond motifs is 3. The number of hydrogen-bond acceptors (Lipinski definition) is 3. The van der Waals surface area contributed by atoms with Gasteiger partial charge in [-0.2, -0.15) is 0 Å². The van der Waals surface area contributed by atoms with Crippen LogP contribution in [0.25, 0.3) is 17.1 Å². The van der Waals surface area contributed by atoms with E-state index in [1.165, 1.54) is 0 Å². The lowest BCUT2D eigenvalue weighted by atomic mass is 9.98. The quantitative estimate of drug-likeness (QED) is 0.236. The Kier molecular flexibility index (Phi) is 5.36. The molecule has 0 fully saturated rings. The molecule has 4 aromatic rings.